The quantitative estimate of drug-likeness (QED) is 0.632. The highest BCUT2D eigenvalue weighted by molar-refractivity contribution is 5.79. The Bertz CT molecular complexity index is 226. The second kappa shape index (κ2) is 4.94. The van der Waals surface area contributed by atoms with Gasteiger partial charge in [-0.2, -0.15) is 0 Å². The van der Waals surface area contributed by atoms with Crippen LogP contribution >= 0.6 is 0 Å². The van der Waals surface area contributed by atoms with Crippen molar-refractivity contribution in [3.63, 3.8) is 0 Å². The first-order valence-electron chi connectivity index (χ1n) is 6.02. The maximum Gasteiger partial charge on any atom is 0.227 e. The molecule has 1 amide bonds. The van der Waals surface area contributed by atoms with Gasteiger partial charge in [0.1, 0.15) is 0 Å². The summed E-state index contributed by atoms with van der Waals surface area (Å²) in [5.74, 6) is 0.563. The lowest BCUT2D eigenvalue weighted by atomic mass is 9.90. The van der Waals surface area contributed by atoms with Gasteiger partial charge in [0.2, 0.25) is 5.91 Å². The Labute approximate surface area is 91.4 Å². The lowest BCUT2D eigenvalue weighted by Crippen LogP contribution is -2.53. The van der Waals surface area contributed by atoms with Crippen LogP contribution in [0.1, 0.15) is 19.8 Å². The lowest BCUT2D eigenvalue weighted by molar-refractivity contribution is -0.137. The highest BCUT2D eigenvalue weighted by atomic mass is 16.2. The molecule has 0 radical (unpaired) electrons. The molecule has 2 heterocycles. The highest BCUT2D eigenvalue weighted by Gasteiger charge is 2.31. The Morgan fingerprint density at radius 1 is 1.27 bits per heavy atom. The molecule has 4 heteroatoms. The van der Waals surface area contributed by atoms with Gasteiger partial charge >= 0.3 is 0 Å². The molecule has 0 saturated carbocycles. The molecule has 0 spiro atoms. The topological polar surface area (TPSA) is 44.4 Å². The number of amides is 1. The van der Waals surface area contributed by atoms with Crippen molar-refractivity contribution in [1.29, 1.82) is 0 Å². The minimum absolute atomic E-state index is 0.205. The van der Waals surface area contributed by atoms with E-state index in [-0.39, 0.29) is 5.92 Å². The fraction of sp³-hybridized carbons (Fsp3) is 0.909. The maximum absolute atomic E-state index is 12.2. The average molecular weight is 211 g/mol. The van der Waals surface area contributed by atoms with Gasteiger partial charge in [-0.05, 0) is 26.3 Å². The largest absolute Gasteiger partial charge is 0.340 e. The van der Waals surface area contributed by atoms with Crippen molar-refractivity contribution in [2.24, 2.45) is 5.92 Å². The molecule has 15 heavy (non-hydrogen) atoms. The van der Waals surface area contributed by atoms with E-state index in [1.165, 1.54) is 0 Å². The zero-order chi connectivity index (χ0) is 10.7. The molecule has 0 aliphatic carbocycles. The predicted octanol–water partition coefficient (Wildman–Crippen LogP) is -0.194. The van der Waals surface area contributed by atoms with Crippen molar-refractivity contribution in [2.45, 2.75) is 25.8 Å². The summed E-state index contributed by atoms with van der Waals surface area (Å²) >= 11 is 0. The summed E-state index contributed by atoms with van der Waals surface area (Å²) < 4.78 is 0. The number of piperidine rings is 1. The van der Waals surface area contributed by atoms with Gasteiger partial charge in [0, 0.05) is 32.2 Å². The summed E-state index contributed by atoms with van der Waals surface area (Å²) in [6, 6.07) is 0.348. The number of rotatable bonds is 1. The van der Waals surface area contributed by atoms with E-state index in [9.17, 15) is 4.79 Å². The van der Waals surface area contributed by atoms with Crippen LogP contribution in [0.3, 0.4) is 0 Å². The zero-order valence-electron chi connectivity index (χ0n) is 9.46. The summed E-state index contributed by atoms with van der Waals surface area (Å²) in [6.07, 6.45) is 2.18. The van der Waals surface area contributed by atoms with Gasteiger partial charge < -0.3 is 15.5 Å². The molecule has 2 rings (SSSR count). The van der Waals surface area contributed by atoms with Crippen LogP contribution in [0.25, 0.3) is 0 Å². The first kappa shape index (κ1) is 10.9. The fourth-order valence-electron chi connectivity index (χ4n) is 2.50. The van der Waals surface area contributed by atoms with Gasteiger partial charge in [-0.15, -0.1) is 0 Å². The highest BCUT2D eigenvalue weighted by Crippen LogP contribution is 2.19. The Kier molecular flexibility index (Phi) is 3.59. The molecular formula is C11H21N3O. The average Bonchev–Trinajstić information content (AvgIpc) is 2.30. The normalized spacial score (nSPS) is 32.7. The summed E-state index contributed by atoms with van der Waals surface area (Å²) in [5.41, 5.74) is 0. The van der Waals surface area contributed by atoms with Gasteiger partial charge in [0.05, 0.1) is 5.92 Å². The number of carbonyl (C=O) groups is 1. The number of piperazine rings is 1. The van der Waals surface area contributed by atoms with E-state index in [1.54, 1.807) is 0 Å². The monoisotopic (exact) mass is 211 g/mol. The van der Waals surface area contributed by atoms with E-state index in [4.69, 9.17) is 0 Å². The molecule has 86 valence electrons. The lowest BCUT2D eigenvalue weighted by Gasteiger charge is -2.35. The van der Waals surface area contributed by atoms with Gasteiger partial charge in [-0.3, -0.25) is 4.79 Å². The third-order valence-electron chi connectivity index (χ3n) is 3.51. The molecule has 0 unspecified atom stereocenters. The van der Waals surface area contributed by atoms with Gasteiger partial charge in [0.15, 0.2) is 0 Å². The number of nitrogens with zero attached hydrogens (tertiary/aromatic N) is 1. The molecule has 0 aromatic carbocycles. The van der Waals surface area contributed by atoms with Gasteiger partial charge in [-0.25, -0.2) is 0 Å². The molecule has 0 aromatic rings. The molecule has 0 bridgehead atoms. The van der Waals surface area contributed by atoms with E-state index in [1.807, 2.05) is 4.90 Å². The Morgan fingerprint density at radius 3 is 2.67 bits per heavy atom. The van der Waals surface area contributed by atoms with Crippen LogP contribution < -0.4 is 10.6 Å². The van der Waals surface area contributed by atoms with Crippen LogP contribution in [0, 0.1) is 5.92 Å². The van der Waals surface area contributed by atoms with E-state index < -0.39 is 0 Å². The fourth-order valence-corrected chi connectivity index (χ4v) is 2.50. The number of carbonyl (C=O) groups excluding carboxylic acids is 1. The first-order chi connectivity index (χ1) is 7.29. The van der Waals surface area contributed by atoms with Crippen LogP contribution in [0.2, 0.25) is 0 Å². The van der Waals surface area contributed by atoms with Crippen molar-refractivity contribution in [3.8, 4) is 0 Å². The molecule has 2 atom stereocenters. The van der Waals surface area contributed by atoms with E-state index in [0.29, 0.717) is 11.9 Å². The van der Waals surface area contributed by atoms with Gasteiger partial charge in [-0.1, -0.05) is 0 Å². The molecule has 2 saturated heterocycles. The molecular weight excluding hydrogens is 190 g/mol. The van der Waals surface area contributed by atoms with Crippen LogP contribution in [-0.4, -0.2) is 49.6 Å². The molecule has 0 aromatic heterocycles. The predicted molar refractivity (Wildman–Crippen MR) is 59.6 cm³/mol. The minimum Gasteiger partial charge on any atom is -0.340 e. The number of hydrogen-bond donors (Lipinski definition) is 2. The zero-order valence-corrected chi connectivity index (χ0v) is 9.46. The Balaban J connectivity index is 1.92. The smallest absolute Gasteiger partial charge is 0.227 e. The molecule has 2 N–H and O–H groups in total. The standard InChI is InChI=1S/C11H21N3O/c1-9-10(3-2-4-13-9)11(15)14-7-5-12-6-8-14/h9-10,12-13H,2-8H2,1H3/t9-,10-/m1/s1. The van der Waals surface area contributed by atoms with Crippen LogP contribution in [0.5, 0.6) is 0 Å². The summed E-state index contributed by atoms with van der Waals surface area (Å²) in [5, 5.41) is 6.66. The van der Waals surface area contributed by atoms with Crippen molar-refractivity contribution >= 4 is 5.91 Å². The summed E-state index contributed by atoms with van der Waals surface area (Å²) in [4.78, 5) is 14.2. The number of nitrogens with one attached hydrogen (secondary N) is 2. The van der Waals surface area contributed by atoms with E-state index in [2.05, 4.69) is 17.6 Å². The molecule has 2 fully saturated rings. The Hall–Kier alpha value is -0.610. The Morgan fingerprint density at radius 2 is 2.00 bits per heavy atom. The van der Waals surface area contributed by atoms with E-state index in [0.717, 1.165) is 45.6 Å². The second-order valence-corrected chi connectivity index (χ2v) is 4.57. The SMILES string of the molecule is C[C@H]1NCCC[C@H]1C(=O)N1CCNCC1. The van der Waals surface area contributed by atoms with Crippen molar-refractivity contribution < 1.29 is 4.79 Å². The van der Waals surface area contributed by atoms with Crippen LogP contribution in [0.15, 0.2) is 0 Å². The first-order valence-corrected chi connectivity index (χ1v) is 6.02. The summed E-state index contributed by atoms with van der Waals surface area (Å²) in [6.45, 7) is 6.83. The van der Waals surface area contributed by atoms with Crippen LogP contribution in [0.4, 0.5) is 0 Å². The van der Waals surface area contributed by atoms with Crippen molar-refractivity contribution in [2.75, 3.05) is 32.7 Å². The second-order valence-electron chi connectivity index (χ2n) is 4.57. The van der Waals surface area contributed by atoms with Gasteiger partial charge in [0.25, 0.3) is 0 Å². The minimum atomic E-state index is 0.205. The summed E-state index contributed by atoms with van der Waals surface area (Å²) in [7, 11) is 0. The molecule has 2 aliphatic rings. The third kappa shape index (κ3) is 2.49. The molecule has 4 nitrogen and oxygen atoms in total. The van der Waals surface area contributed by atoms with Crippen molar-refractivity contribution in [1.82, 2.24) is 15.5 Å². The maximum atomic E-state index is 12.2. The van der Waals surface area contributed by atoms with Crippen LogP contribution in [-0.2, 0) is 4.79 Å². The number of hydrogen-bond acceptors (Lipinski definition) is 3. The van der Waals surface area contributed by atoms with E-state index >= 15 is 0 Å². The third-order valence-corrected chi connectivity index (χ3v) is 3.51. The molecule has 2 aliphatic heterocycles. The van der Waals surface area contributed by atoms with Crippen molar-refractivity contribution in [3.05, 3.63) is 0 Å².